The van der Waals surface area contributed by atoms with E-state index in [0.29, 0.717) is 12.8 Å². The zero-order valence-electron chi connectivity index (χ0n) is 9.57. The van der Waals surface area contributed by atoms with Gasteiger partial charge in [-0.15, -0.1) is 0 Å². The van der Waals surface area contributed by atoms with Crippen LogP contribution in [-0.2, 0) is 14.4 Å². The number of carboxylic acids is 2. The predicted octanol–water partition coefficient (Wildman–Crippen LogP) is 0.612. The monoisotopic (exact) mass is 243 g/mol. The van der Waals surface area contributed by atoms with E-state index in [0.717, 1.165) is 12.8 Å². The standard InChI is InChI=1S/C11H17NO5/c13-8(12-6-3-9(14)15)7-11(10(16)17)4-1-2-5-11/h1-7H2,(H,12,13)(H,14,15)(H,16,17). The van der Waals surface area contributed by atoms with Crippen molar-refractivity contribution in [1.29, 1.82) is 0 Å². The van der Waals surface area contributed by atoms with Crippen LogP contribution in [0.5, 0.6) is 0 Å². The van der Waals surface area contributed by atoms with E-state index in [1.165, 1.54) is 0 Å². The third kappa shape index (κ3) is 3.72. The summed E-state index contributed by atoms with van der Waals surface area (Å²) in [7, 11) is 0. The maximum absolute atomic E-state index is 11.5. The first-order chi connectivity index (χ1) is 7.96. The molecule has 0 aromatic carbocycles. The molecule has 0 bridgehead atoms. The molecule has 0 unspecified atom stereocenters. The number of hydrogen-bond donors (Lipinski definition) is 3. The van der Waals surface area contributed by atoms with Gasteiger partial charge in [-0.05, 0) is 12.8 Å². The Morgan fingerprint density at radius 2 is 1.71 bits per heavy atom. The summed E-state index contributed by atoms with van der Waals surface area (Å²) in [5.74, 6) is -2.29. The largest absolute Gasteiger partial charge is 0.481 e. The van der Waals surface area contributed by atoms with Gasteiger partial charge in [0, 0.05) is 13.0 Å². The van der Waals surface area contributed by atoms with E-state index < -0.39 is 17.4 Å². The van der Waals surface area contributed by atoms with Gasteiger partial charge in [0.2, 0.25) is 5.91 Å². The minimum absolute atomic E-state index is 0.0455. The zero-order chi connectivity index (χ0) is 12.9. The molecule has 1 aliphatic rings. The van der Waals surface area contributed by atoms with Gasteiger partial charge in [-0.3, -0.25) is 14.4 Å². The molecule has 0 aromatic heterocycles. The topological polar surface area (TPSA) is 104 Å². The van der Waals surface area contributed by atoms with E-state index in [-0.39, 0.29) is 25.3 Å². The highest BCUT2D eigenvalue weighted by Crippen LogP contribution is 2.41. The second-order valence-corrected chi connectivity index (χ2v) is 4.46. The molecule has 6 nitrogen and oxygen atoms in total. The third-order valence-electron chi connectivity index (χ3n) is 3.17. The number of carbonyl (C=O) groups is 3. The summed E-state index contributed by atoms with van der Waals surface area (Å²) in [6.45, 7) is 0.0455. The molecule has 0 radical (unpaired) electrons. The summed E-state index contributed by atoms with van der Waals surface area (Å²) in [6, 6.07) is 0. The molecule has 0 atom stereocenters. The average Bonchev–Trinajstić information content (AvgIpc) is 2.66. The van der Waals surface area contributed by atoms with Crippen LogP contribution in [0.4, 0.5) is 0 Å². The molecular formula is C11H17NO5. The van der Waals surface area contributed by atoms with Crippen LogP contribution >= 0.6 is 0 Å². The maximum atomic E-state index is 11.5. The van der Waals surface area contributed by atoms with Crippen molar-refractivity contribution in [1.82, 2.24) is 5.32 Å². The highest BCUT2D eigenvalue weighted by molar-refractivity contribution is 5.85. The zero-order valence-corrected chi connectivity index (χ0v) is 9.57. The minimum atomic E-state index is -0.987. The normalized spacial score (nSPS) is 17.6. The molecule has 0 spiro atoms. The van der Waals surface area contributed by atoms with Gasteiger partial charge in [0.15, 0.2) is 0 Å². The number of rotatable bonds is 6. The number of hydrogen-bond acceptors (Lipinski definition) is 3. The van der Waals surface area contributed by atoms with Crippen molar-refractivity contribution in [2.45, 2.75) is 38.5 Å². The smallest absolute Gasteiger partial charge is 0.310 e. The Balaban J connectivity index is 2.43. The Morgan fingerprint density at radius 1 is 1.12 bits per heavy atom. The lowest BCUT2D eigenvalue weighted by Gasteiger charge is -2.22. The van der Waals surface area contributed by atoms with Crippen LogP contribution in [0.15, 0.2) is 0 Å². The molecule has 1 aliphatic carbocycles. The lowest BCUT2D eigenvalue weighted by Crippen LogP contribution is -2.36. The fourth-order valence-corrected chi connectivity index (χ4v) is 2.20. The van der Waals surface area contributed by atoms with Crippen LogP contribution in [0.2, 0.25) is 0 Å². The molecule has 1 saturated carbocycles. The predicted molar refractivity (Wildman–Crippen MR) is 58.4 cm³/mol. The number of nitrogens with one attached hydrogen (secondary N) is 1. The number of aliphatic carboxylic acids is 2. The van der Waals surface area contributed by atoms with E-state index in [9.17, 15) is 14.4 Å². The van der Waals surface area contributed by atoms with Crippen LogP contribution in [0.3, 0.4) is 0 Å². The van der Waals surface area contributed by atoms with Crippen molar-refractivity contribution in [3.8, 4) is 0 Å². The fraction of sp³-hybridized carbons (Fsp3) is 0.727. The highest BCUT2D eigenvalue weighted by atomic mass is 16.4. The number of carbonyl (C=O) groups excluding carboxylic acids is 1. The van der Waals surface area contributed by atoms with Gasteiger partial charge in [0.05, 0.1) is 11.8 Å². The highest BCUT2D eigenvalue weighted by Gasteiger charge is 2.42. The first kappa shape index (κ1) is 13.5. The van der Waals surface area contributed by atoms with E-state index in [2.05, 4.69) is 5.32 Å². The molecule has 0 aliphatic heterocycles. The summed E-state index contributed by atoms with van der Waals surface area (Å²) >= 11 is 0. The molecule has 1 fully saturated rings. The minimum Gasteiger partial charge on any atom is -0.481 e. The fourth-order valence-electron chi connectivity index (χ4n) is 2.20. The van der Waals surface area contributed by atoms with Crippen LogP contribution in [0, 0.1) is 5.41 Å². The molecule has 1 rings (SSSR count). The molecule has 3 N–H and O–H groups in total. The van der Waals surface area contributed by atoms with Crippen LogP contribution in [-0.4, -0.2) is 34.6 Å². The van der Waals surface area contributed by atoms with Crippen LogP contribution in [0.25, 0.3) is 0 Å². The van der Waals surface area contributed by atoms with E-state index in [4.69, 9.17) is 10.2 Å². The third-order valence-corrected chi connectivity index (χ3v) is 3.17. The molecular weight excluding hydrogens is 226 g/mol. The van der Waals surface area contributed by atoms with E-state index in [1.54, 1.807) is 0 Å². The summed E-state index contributed by atoms with van der Waals surface area (Å²) in [4.78, 5) is 32.9. The molecule has 0 saturated heterocycles. The first-order valence-corrected chi connectivity index (χ1v) is 5.68. The molecule has 17 heavy (non-hydrogen) atoms. The summed E-state index contributed by atoms with van der Waals surface area (Å²) < 4.78 is 0. The van der Waals surface area contributed by atoms with E-state index >= 15 is 0 Å². The Kier molecular flexibility index (Phi) is 4.48. The number of carboxylic acid groups (broad SMARTS) is 2. The van der Waals surface area contributed by atoms with Gasteiger partial charge in [0.25, 0.3) is 0 Å². The second-order valence-electron chi connectivity index (χ2n) is 4.46. The van der Waals surface area contributed by atoms with Gasteiger partial charge in [-0.1, -0.05) is 12.8 Å². The molecule has 1 amide bonds. The van der Waals surface area contributed by atoms with Crippen molar-refractivity contribution >= 4 is 17.8 Å². The summed E-state index contributed by atoms with van der Waals surface area (Å²) in [6.07, 6.45) is 2.50. The van der Waals surface area contributed by atoms with Crippen molar-refractivity contribution in [2.24, 2.45) is 5.41 Å². The summed E-state index contributed by atoms with van der Waals surface area (Å²) in [5, 5.41) is 20.0. The Labute approximate surface area is 99.0 Å². The van der Waals surface area contributed by atoms with Gasteiger partial charge in [-0.25, -0.2) is 0 Å². The summed E-state index contributed by atoms with van der Waals surface area (Å²) in [5.41, 5.74) is -0.937. The van der Waals surface area contributed by atoms with Gasteiger partial charge in [0.1, 0.15) is 0 Å². The average molecular weight is 243 g/mol. The van der Waals surface area contributed by atoms with Crippen molar-refractivity contribution < 1.29 is 24.6 Å². The van der Waals surface area contributed by atoms with Gasteiger partial charge < -0.3 is 15.5 Å². The Hall–Kier alpha value is -1.59. The second kappa shape index (κ2) is 5.65. The van der Waals surface area contributed by atoms with Crippen molar-refractivity contribution in [3.63, 3.8) is 0 Å². The van der Waals surface area contributed by atoms with Crippen LogP contribution < -0.4 is 5.32 Å². The Bertz CT molecular complexity index is 320. The molecule has 96 valence electrons. The molecule has 0 heterocycles. The van der Waals surface area contributed by atoms with E-state index in [1.807, 2.05) is 0 Å². The maximum Gasteiger partial charge on any atom is 0.310 e. The van der Waals surface area contributed by atoms with Gasteiger partial charge >= 0.3 is 11.9 Å². The Morgan fingerprint density at radius 3 is 2.18 bits per heavy atom. The SMILES string of the molecule is O=C(O)CCNC(=O)CC1(C(=O)O)CCCC1. The van der Waals surface area contributed by atoms with Crippen molar-refractivity contribution in [2.75, 3.05) is 6.54 Å². The van der Waals surface area contributed by atoms with Crippen LogP contribution in [0.1, 0.15) is 38.5 Å². The molecule has 0 aromatic rings. The lowest BCUT2D eigenvalue weighted by molar-refractivity contribution is -0.151. The first-order valence-electron chi connectivity index (χ1n) is 5.68. The number of amides is 1. The van der Waals surface area contributed by atoms with Crippen molar-refractivity contribution in [3.05, 3.63) is 0 Å². The molecule has 6 heteroatoms. The van der Waals surface area contributed by atoms with Gasteiger partial charge in [-0.2, -0.15) is 0 Å². The quantitative estimate of drug-likeness (QED) is 0.634. The lowest BCUT2D eigenvalue weighted by atomic mass is 9.82.